The average Bonchev–Trinajstić information content (AvgIpc) is 2.75. The molecule has 1 aliphatic rings. The monoisotopic (exact) mass is 260 g/mol. The van der Waals surface area contributed by atoms with E-state index < -0.39 is 0 Å². The highest BCUT2D eigenvalue weighted by Crippen LogP contribution is 2.37. The number of benzene rings is 1. The Morgan fingerprint density at radius 1 is 1.26 bits per heavy atom. The molecule has 0 aliphatic carbocycles. The molecule has 0 saturated carbocycles. The van der Waals surface area contributed by atoms with Crippen LogP contribution in [0.5, 0.6) is 0 Å². The fourth-order valence-corrected chi connectivity index (χ4v) is 3.30. The first-order chi connectivity index (χ1) is 9.10. The lowest BCUT2D eigenvalue weighted by molar-refractivity contribution is 0.504. The summed E-state index contributed by atoms with van der Waals surface area (Å²) in [5.41, 5.74) is 3.18. The van der Waals surface area contributed by atoms with Gasteiger partial charge in [-0.2, -0.15) is 0 Å². The first-order valence-electron chi connectivity index (χ1n) is 7.70. The quantitative estimate of drug-likeness (QED) is 0.856. The minimum Gasteiger partial charge on any atom is -0.366 e. The molecule has 1 N–H and O–H groups in total. The first kappa shape index (κ1) is 14.4. The van der Waals surface area contributed by atoms with E-state index in [1.807, 2.05) is 0 Å². The van der Waals surface area contributed by atoms with Crippen molar-refractivity contribution in [3.8, 4) is 0 Å². The lowest BCUT2D eigenvalue weighted by Crippen LogP contribution is -2.39. The lowest BCUT2D eigenvalue weighted by Gasteiger charge is -2.36. The second-order valence-corrected chi connectivity index (χ2v) is 6.14. The topological polar surface area (TPSA) is 15.3 Å². The van der Waals surface area contributed by atoms with Gasteiger partial charge in [0, 0.05) is 23.8 Å². The van der Waals surface area contributed by atoms with Gasteiger partial charge in [-0.1, -0.05) is 32.0 Å². The van der Waals surface area contributed by atoms with Crippen LogP contribution in [0.25, 0.3) is 0 Å². The normalized spacial score (nSPS) is 19.7. The van der Waals surface area contributed by atoms with E-state index in [4.69, 9.17) is 0 Å². The summed E-state index contributed by atoms with van der Waals surface area (Å²) in [7, 11) is 0. The zero-order chi connectivity index (χ0) is 13.9. The van der Waals surface area contributed by atoms with Crippen molar-refractivity contribution < 1.29 is 0 Å². The second kappa shape index (κ2) is 5.96. The van der Waals surface area contributed by atoms with E-state index in [9.17, 15) is 0 Å². The van der Waals surface area contributed by atoms with Gasteiger partial charge >= 0.3 is 0 Å². The Bertz CT molecular complexity index is 411. The Hall–Kier alpha value is -1.02. The predicted molar refractivity (Wildman–Crippen MR) is 83.8 cm³/mol. The van der Waals surface area contributed by atoms with Crippen LogP contribution in [-0.2, 0) is 0 Å². The van der Waals surface area contributed by atoms with Crippen molar-refractivity contribution >= 4 is 5.69 Å². The van der Waals surface area contributed by atoms with Crippen molar-refractivity contribution in [2.45, 2.75) is 58.5 Å². The molecule has 0 radical (unpaired) electrons. The summed E-state index contributed by atoms with van der Waals surface area (Å²) in [6.45, 7) is 11.4. The second-order valence-electron chi connectivity index (χ2n) is 6.14. The van der Waals surface area contributed by atoms with Crippen molar-refractivity contribution in [3.05, 3.63) is 29.8 Å². The number of nitrogens with zero attached hydrogens (tertiary/aromatic N) is 1. The van der Waals surface area contributed by atoms with Crippen LogP contribution in [-0.4, -0.2) is 18.6 Å². The van der Waals surface area contributed by atoms with Crippen LogP contribution in [0, 0.1) is 0 Å². The highest BCUT2D eigenvalue weighted by molar-refractivity contribution is 5.57. The smallest absolute Gasteiger partial charge is 0.0419 e. The molecule has 1 unspecified atom stereocenters. The number of anilines is 1. The summed E-state index contributed by atoms with van der Waals surface area (Å²) in [6.07, 6.45) is 3.73. The lowest BCUT2D eigenvalue weighted by atomic mass is 9.97. The minimum atomic E-state index is 0.292. The summed E-state index contributed by atoms with van der Waals surface area (Å²) in [6, 6.07) is 9.40. The summed E-state index contributed by atoms with van der Waals surface area (Å²) in [5, 5.41) is 3.61. The van der Waals surface area contributed by atoms with Gasteiger partial charge < -0.3 is 10.2 Å². The molecule has 19 heavy (non-hydrogen) atoms. The summed E-state index contributed by atoms with van der Waals surface area (Å²) in [5.74, 6) is 0. The van der Waals surface area contributed by atoms with Crippen LogP contribution in [0.3, 0.4) is 0 Å². The van der Waals surface area contributed by atoms with Crippen LogP contribution in [0.2, 0.25) is 0 Å². The number of hydrogen-bond donors (Lipinski definition) is 1. The van der Waals surface area contributed by atoms with Crippen LogP contribution >= 0.6 is 0 Å². The molecular formula is C17H28N2. The van der Waals surface area contributed by atoms with E-state index in [0.29, 0.717) is 11.6 Å². The van der Waals surface area contributed by atoms with Crippen LogP contribution < -0.4 is 10.2 Å². The van der Waals surface area contributed by atoms with E-state index >= 15 is 0 Å². The Kier molecular flexibility index (Phi) is 4.51. The third-order valence-electron chi connectivity index (χ3n) is 4.36. The molecule has 0 amide bonds. The van der Waals surface area contributed by atoms with Gasteiger partial charge in [-0.15, -0.1) is 0 Å². The van der Waals surface area contributed by atoms with Gasteiger partial charge in [0.05, 0.1) is 0 Å². The van der Waals surface area contributed by atoms with Gasteiger partial charge in [0.1, 0.15) is 0 Å². The van der Waals surface area contributed by atoms with Gasteiger partial charge in [-0.3, -0.25) is 0 Å². The summed E-state index contributed by atoms with van der Waals surface area (Å²) in [4.78, 5) is 2.60. The van der Waals surface area contributed by atoms with Crippen LogP contribution in [0.4, 0.5) is 5.69 Å². The predicted octanol–water partition coefficient (Wildman–Crippen LogP) is 4.13. The highest BCUT2D eigenvalue weighted by Gasteiger charge is 2.33. The Morgan fingerprint density at radius 3 is 2.58 bits per heavy atom. The molecule has 0 bridgehead atoms. The molecule has 2 nitrogen and oxygen atoms in total. The molecule has 0 spiro atoms. The first-order valence-corrected chi connectivity index (χ1v) is 7.70. The van der Waals surface area contributed by atoms with Gasteiger partial charge in [0.25, 0.3) is 0 Å². The number of nitrogens with one attached hydrogen (secondary N) is 1. The fourth-order valence-electron chi connectivity index (χ4n) is 3.30. The Labute approximate surface area is 118 Å². The molecular weight excluding hydrogens is 232 g/mol. The van der Waals surface area contributed by atoms with Crippen molar-refractivity contribution in [1.82, 2.24) is 5.32 Å². The zero-order valence-electron chi connectivity index (χ0n) is 12.9. The molecule has 2 heteroatoms. The van der Waals surface area contributed by atoms with Gasteiger partial charge in [-0.25, -0.2) is 0 Å². The van der Waals surface area contributed by atoms with E-state index in [0.717, 1.165) is 13.0 Å². The number of para-hydroxylation sites is 1. The molecule has 1 aromatic rings. The van der Waals surface area contributed by atoms with Crippen molar-refractivity contribution in [3.63, 3.8) is 0 Å². The van der Waals surface area contributed by atoms with Gasteiger partial charge in [0.2, 0.25) is 0 Å². The molecule has 2 rings (SSSR count). The molecule has 1 aliphatic heterocycles. The molecule has 1 atom stereocenters. The van der Waals surface area contributed by atoms with Gasteiger partial charge in [-0.05, 0) is 51.3 Å². The molecule has 106 valence electrons. The molecule has 1 heterocycles. The van der Waals surface area contributed by atoms with Crippen LogP contribution in [0.1, 0.15) is 58.6 Å². The molecule has 1 aromatic carbocycles. The zero-order valence-corrected chi connectivity index (χ0v) is 12.9. The maximum atomic E-state index is 3.61. The fraction of sp³-hybridized carbons (Fsp3) is 0.647. The molecule has 0 aromatic heterocycles. The van der Waals surface area contributed by atoms with Gasteiger partial charge in [0.15, 0.2) is 0 Å². The largest absolute Gasteiger partial charge is 0.366 e. The van der Waals surface area contributed by atoms with E-state index in [-0.39, 0.29) is 0 Å². The molecule has 1 fully saturated rings. The van der Waals surface area contributed by atoms with Crippen molar-refractivity contribution in [2.24, 2.45) is 0 Å². The van der Waals surface area contributed by atoms with Crippen molar-refractivity contribution in [1.29, 1.82) is 0 Å². The van der Waals surface area contributed by atoms with E-state index in [1.165, 1.54) is 30.6 Å². The minimum absolute atomic E-state index is 0.292. The maximum absolute atomic E-state index is 3.61. The Morgan fingerprint density at radius 2 is 2.00 bits per heavy atom. The summed E-state index contributed by atoms with van der Waals surface area (Å²) < 4.78 is 0. The SMILES string of the molecule is CCNC(CC)c1ccccc1N1CCCC1(C)C. The van der Waals surface area contributed by atoms with E-state index in [2.05, 4.69) is 62.2 Å². The maximum Gasteiger partial charge on any atom is 0.0419 e. The average molecular weight is 260 g/mol. The summed E-state index contributed by atoms with van der Waals surface area (Å²) >= 11 is 0. The highest BCUT2D eigenvalue weighted by atomic mass is 15.2. The third-order valence-corrected chi connectivity index (χ3v) is 4.36. The van der Waals surface area contributed by atoms with Crippen molar-refractivity contribution in [2.75, 3.05) is 18.0 Å². The Balaban J connectivity index is 2.35. The van der Waals surface area contributed by atoms with Crippen LogP contribution in [0.15, 0.2) is 24.3 Å². The number of hydrogen-bond acceptors (Lipinski definition) is 2. The molecule has 1 saturated heterocycles. The number of rotatable bonds is 5. The standard InChI is InChI=1S/C17H28N2/c1-5-15(18-6-2)14-10-7-8-11-16(14)19-13-9-12-17(19,3)4/h7-8,10-11,15,18H,5-6,9,12-13H2,1-4H3. The third kappa shape index (κ3) is 2.94. The van der Waals surface area contributed by atoms with E-state index in [1.54, 1.807) is 0 Å².